The number of fused-ring (bicyclic) bond motifs is 2. The number of carbonyl (C=O) groups excluding carboxylic acids is 2. The van der Waals surface area contributed by atoms with Crippen molar-refractivity contribution >= 4 is 11.9 Å². The van der Waals surface area contributed by atoms with Crippen LogP contribution in [0.4, 0.5) is 0 Å². The maximum absolute atomic E-state index is 12.7. The van der Waals surface area contributed by atoms with Gasteiger partial charge in [-0.3, -0.25) is 9.59 Å². The summed E-state index contributed by atoms with van der Waals surface area (Å²) in [5.41, 5.74) is 0. The number of esters is 2. The predicted octanol–water partition coefficient (Wildman–Crippen LogP) is 5.59. The number of ether oxygens (including phenoxy) is 3. The van der Waals surface area contributed by atoms with E-state index in [0.717, 1.165) is 38.5 Å². The highest BCUT2D eigenvalue weighted by molar-refractivity contribution is 5.84. The van der Waals surface area contributed by atoms with Crippen LogP contribution >= 0.6 is 0 Å². The molecule has 2 fully saturated rings. The van der Waals surface area contributed by atoms with Gasteiger partial charge >= 0.3 is 11.9 Å². The molecule has 0 aromatic heterocycles. The average molecular weight is 411 g/mol. The molecular formula is C24H42O5. The maximum atomic E-state index is 12.7. The zero-order chi connectivity index (χ0) is 20.9. The highest BCUT2D eigenvalue weighted by Gasteiger charge is 2.56. The van der Waals surface area contributed by atoms with E-state index in [0.29, 0.717) is 13.2 Å². The van der Waals surface area contributed by atoms with Gasteiger partial charge in [0.25, 0.3) is 0 Å². The monoisotopic (exact) mass is 410 g/mol. The number of unbranched alkanes of at least 4 members (excludes halogenated alkanes) is 10. The second-order valence-corrected chi connectivity index (χ2v) is 8.71. The number of hydrogen-bond acceptors (Lipinski definition) is 5. The molecule has 2 rings (SSSR count). The first-order valence-electron chi connectivity index (χ1n) is 12.2. The Labute approximate surface area is 177 Å². The van der Waals surface area contributed by atoms with E-state index in [1.165, 1.54) is 51.4 Å². The van der Waals surface area contributed by atoms with Gasteiger partial charge in [-0.25, -0.2) is 0 Å². The normalized spacial score (nSPS) is 25.3. The molecule has 0 amide bonds. The smallest absolute Gasteiger partial charge is 0.312 e. The molecule has 2 aliphatic rings. The summed E-state index contributed by atoms with van der Waals surface area (Å²) in [6, 6.07) is 0. The molecule has 0 spiro atoms. The first kappa shape index (κ1) is 24.2. The Kier molecular flexibility index (Phi) is 11.7. The van der Waals surface area contributed by atoms with Gasteiger partial charge in [0.05, 0.1) is 37.3 Å². The number of carbonyl (C=O) groups is 2. The van der Waals surface area contributed by atoms with Crippen molar-refractivity contribution in [3.63, 3.8) is 0 Å². The summed E-state index contributed by atoms with van der Waals surface area (Å²) in [4.78, 5) is 25.3. The summed E-state index contributed by atoms with van der Waals surface area (Å²) in [6.07, 6.45) is 15.2. The topological polar surface area (TPSA) is 61.8 Å². The lowest BCUT2D eigenvalue weighted by Crippen LogP contribution is -2.40. The van der Waals surface area contributed by atoms with Crippen molar-refractivity contribution in [1.29, 1.82) is 0 Å². The van der Waals surface area contributed by atoms with Gasteiger partial charge in [-0.2, -0.15) is 0 Å². The third kappa shape index (κ3) is 7.92. The average Bonchev–Trinajstić information content (AvgIpc) is 3.34. The standard InChI is InChI=1S/C24H42O5/c1-3-5-7-9-11-13-17-27-23(25)21-19-15-16-20(29-19)22(21)24(26)28-18-14-12-10-8-6-4-2/h19-22H,3-18H2,1-2H3. The van der Waals surface area contributed by atoms with Crippen molar-refractivity contribution in [2.24, 2.45) is 11.8 Å². The van der Waals surface area contributed by atoms with Gasteiger partial charge in [-0.1, -0.05) is 78.1 Å². The van der Waals surface area contributed by atoms with Crippen LogP contribution in [0, 0.1) is 11.8 Å². The van der Waals surface area contributed by atoms with Crippen molar-refractivity contribution in [2.45, 2.75) is 116 Å². The molecule has 29 heavy (non-hydrogen) atoms. The highest BCUT2D eigenvalue weighted by atomic mass is 16.6. The highest BCUT2D eigenvalue weighted by Crippen LogP contribution is 2.44. The zero-order valence-electron chi connectivity index (χ0n) is 18.7. The molecule has 5 nitrogen and oxygen atoms in total. The van der Waals surface area contributed by atoms with E-state index < -0.39 is 11.8 Å². The van der Waals surface area contributed by atoms with Gasteiger partial charge in [0.1, 0.15) is 0 Å². The Balaban J connectivity index is 1.68. The molecule has 5 heteroatoms. The Morgan fingerprint density at radius 3 is 1.45 bits per heavy atom. The van der Waals surface area contributed by atoms with E-state index in [2.05, 4.69) is 13.8 Å². The first-order chi connectivity index (χ1) is 14.2. The summed E-state index contributed by atoms with van der Waals surface area (Å²) in [5, 5.41) is 0. The second-order valence-electron chi connectivity index (χ2n) is 8.71. The third-order valence-corrected chi connectivity index (χ3v) is 6.30. The van der Waals surface area contributed by atoms with E-state index in [9.17, 15) is 9.59 Å². The van der Waals surface area contributed by atoms with E-state index in [1.54, 1.807) is 0 Å². The largest absolute Gasteiger partial charge is 0.465 e. The molecule has 0 saturated carbocycles. The Morgan fingerprint density at radius 1 is 0.655 bits per heavy atom. The first-order valence-corrected chi connectivity index (χ1v) is 12.2. The number of hydrogen-bond donors (Lipinski definition) is 0. The Morgan fingerprint density at radius 2 is 1.03 bits per heavy atom. The van der Waals surface area contributed by atoms with E-state index in [-0.39, 0.29) is 24.1 Å². The van der Waals surface area contributed by atoms with Crippen molar-refractivity contribution in [2.75, 3.05) is 13.2 Å². The molecule has 4 unspecified atom stereocenters. The quantitative estimate of drug-likeness (QED) is 0.245. The fraction of sp³-hybridized carbons (Fsp3) is 0.917. The number of rotatable bonds is 16. The molecule has 2 heterocycles. The molecule has 168 valence electrons. The van der Waals surface area contributed by atoms with Crippen LogP contribution in [0.25, 0.3) is 0 Å². The van der Waals surface area contributed by atoms with Gasteiger partial charge in [-0.05, 0) is 25.7 Å². The van der Waals surface area contributed by atoms with Crippen LogP contribution in [-0.2, 0) is 23.8 Å². The minimum absolute atomic E-state index is 0.177. The minimum Gasteiger partial charge on any atom is -0.465 e. The van der Waals surface area contributed by atoms with Crippen molar-refractivity contribution < 1.29 is 23.8 Å². The van der Waals surface area contributed by atoms with Crippen LogP contribution in [0.15, 0.2) is 0 Å². The SMILES string of the molecule is CCCCCCCCOC(=O)C1C2CCC(O2)C1C(=O)OCCCCCCCC. The molecule has 0 aromatic carbocycles. The molecule has 2 aliphatic heterocycles. The van der Waals surface area contributed by atoms with Gasteiger partial charge in [0, 0.05) is 0 Å². The fourth-order valence-corrected chi connectivity index (χ4v) is 4.58. The van der Waals surface area contributed by atoms with Crippen LogP contribution in [0.1, 0.15) is 104 Å². The van der Waals surface area contributed by atoms with Crippen LogP contribution in [0.3, 0.4) is 0 Å². The third-order valence-electron chi connectivity index (χ3n) is 6.30. The molecule has 0 N–H and O–H groups in total. The summed E-state index contributed by atoms with van der Waals surface area (Å²) in [5.74, 6) is -1.50. The molecule has 0 radical (unpaired) electrons. The molecule has 0 aromatic rings. The van der Waals surface area contributed by atoms with Crippen LogP contribution in [-0.4, -0.2) is 37.4 Å². The minimum atomic E-state index is -0.481. The van der Waals surface area contributed by atoms with Crippen molar-refractivity contribution in [1.82, 2.24) is 0 Å². The van der Waals surface area contributed by atoms with Crippen LogP contribution in [0.2, 0.25) is 0 Å². The predicted molar refractivity (Wildman–Crippen MR) is 114 cm³/mol. The summed E-state index contributed by atoms with van der Waals surface area (Å²) in [7, 11) is 0. The van der Waals surface area contributed by atoms with Crippen molar-refractivity contribution in [3.8, 4) is 0 Å². The molecule has 0 aliphatic carbocycles. The molecular weight excluding hydrogens is 368 g/mol. The van der Waals surface area contributed by atoms with Gasteiger partial charge < -0.3 is 14.2 Å². The Hall–Kier alpha value is -1.10. The maximum Gasteiger partial charge on any atom is 0.312 e. The summed E-state index contributed by atoms with van der Waals surface area (Å²) in [6.45, 7) is 5.29. The van der Waals surface area contributed by atoms with Gasteiger partial charge in [0.15, 0.2) is 0 Å². The van der Waals surface area contributed by atoms with Crippen LogP contribution < -0.4 is 0 Å². The van der Waals surface area contributed by atoms with E-state index >= 15 is 0 Å². The summed E-state index contributed by atoms with van der Waals surface area (Å²) < 4.78 is 16.9. The van der Waals surface area contributed by atoms with Crippen LogP contribution in [0.5, 0.6) is 0 Å². The van der Waals surface area contributed by atoms with Gasteiger partial charge in [-0.15, -0.1) is 0 Å². The second kappa shape index (κ2) is 14.0. The Bertz CT molecular complexity index is 436. The van der Waals surface area contributed by atoms with Crippen molar-refractivity contribution in [3.05, 3.63) is 0 Å². The lowest BCUT2D eigenvalue weighted by Gasteiger charge is -2.25. The molecule has 2 bridgehead atoms. The lowest BCUT2D eigenvalue weighted by molar-refractivity contribution is -0.161. The van der Waals surface area contributed by atoms with Gasteiger partial charge in [0.2, 0.25) is 0 Å². The van der Waals surface area contributed by atoms with E-state index in [4.69, 9.17) is 14.2 Å². The summed E-state index contributed by atoms with van der Waals surface area (Å²) >= 11 is 0. The zero-order valence-corrected chi connectivity index (χ0v) is 18.7. The molecule has 4 atom stereocenters. The molecule has 2 saturated heterocycles. The van der Waals surface area contributed by atoms with E-state index in [1.807, 2.05) is 0 Å². The fourth-order valence-electron chi connectivity index (χ4n) is 4.58. The lowest BCUT2D eigenvalue weighted by atomic mass is 9.79.